The molecule has 0 N–H and O–H groups in total. The molecule has 16 heavy (non-hydrogen) atoms. The average Bonchev–Trinajstić information content (AvgIpc) is 2.71. The van der Waals surface area contributed by atoms with Crippen LogP contribution >= 0.6 is 22.9 Å². The van der Waals surface area contributed by atoms with Crippen LogP contribution in [0.3, 0.4) is 0 Å². The Bertz CT molecular complexity index is 330. The zero-order valence-electron chi connectivity index (χ0n) is 9.95. The Labute approximate surface area is 107 Å². The number of aromatic nitrogens is 1. The van der Waals surface area contributed by atoms with Crippen LogP contribution in [0.2, 0.25) is 0 Å². The molecule has 0 saturated carbocycles. The molecule has 90 valence electrons. The second-order valence-electron chi connectivity index (χ2n) is 4.67. The molecule has 1 aliphatic rings. The lowest BCUT2D eigenvalue weighted by molar-refractivity contribution is 0.0951. The molecule has 0 radical (unpaired) electrons. The number of piperidine rings is 1. The van der Waals surface area contributed by atoms with Crippen molar-refractivity contribution in [2.75, 3.05) is 0 Å². The van der Waals surface area contributed by atoms with Crippen LogP contribution in [-0.2, 0) is 12.4 Å². The summed E-state index contributed by atoms with van der Waals surface area (Å²) in [7, 11) is 0. The van der Waals surface area contributed by atoms with Gasteiger partial charge in [0.15, 0.2) is 0 Å². The monoisotopic (exact) mass is 258 g/mol. The van der Waals surface area contributed by atoms with Gasteiger partial charge < -0.3 is 0 Å². The van der Waals surface area contributed by atoms with Gasteiger partial charge >= 0.3 is 0 Å². The first-order valence-corrected chi connectivity index (χ1v) is 7.37. The van der Waals surface area contributed by atoms with Crippen molar-refractivity contribution in [3.05, 3.63) is 16.1 Å². The number of hydrogen-bond acceptors (Lipinski definition) is 3. The molecule has 0 aromatic carbocycles. The van der Waals surface area contributed by atoms with Gasteiger partial charge in [-0.05, 0) is 26.7 Å². The summed E-state index contributed by atoms with van der Waals surface area (Å²) in [5.74, 6) is 0.529. The van der Waals surface area contributed by atoms with E-state index in [1.165, 1.54) is 24.3 Å². The number of halogens is 1. The molecule has 0 spiro atoms. The molecule has 0 amide bonds. The smallest absolute Gasteiger partial charge is 0.107 e. The van der Waals surface area contributed by atoms with Gasteiger partial charge in [-0.15, -0.1) is 22.9 Å². The fraction of sp³-hybridized carbons (Fsp3) is 0.750. The highest BCUT2D eigenvalue weighted by atomic mass is 35.5. The van der Waals surface area contributed by atoms with Crippen LogP contribution in [0.15, 0.2) is 5.38 Å². The lowest BCUT2D eigenvalue weighted by Gasteiger charge is -2.38. The highest BCUT2D eigenvalue weighted by Gasteiger charge is 2.25. The van der Waals surface area contributed by atoms with E-state index in [9.17, 15) is 0 Å². The van der Waals surface area contributed by atoms with E-state index in [0.717, 1.165) is 12.2 Å². The summed E-state index contributed by atoms with van der Waals surface area (Å²) in [6.45, 7) is 5.64. The molecular weight excluding hydrogens is 240 g/mol. The van der Waals surface area contributed by atoms with Gasteiger partial charge in [0.2, 0.25) is 0 Å². The van der Waals surface area contributed by atoms with Crippen molar-refractivity contribution >= 4 is 22.9 Å². The molecule has 2 rings (SSSR count). The maximum atomic E-state index is 5.77. The minimum atomic E-state index is 0.529. The van der Waals surface area contributed by atoms with E-state index in [4.69, 9.17) is 11.6 Å². The number of thiazole rings is 1. The first-order valence-electron chi connectivity index (χ1n) is 5.95. The van der Waals surface area contributed by atoms with Crippen molar-refractivity contribution in [3.63, 3.8) is 0 Å². The molecule has 2 nitrogen and oxygen atoms in total. The van der Waals surface area contributed by atoms with Crippen LogP contribution in [-0.4, -0.2) is 22.0 Å². The van der Waals surface area contributed by atoms with Crippen molar-refractivity contribution in [1.29, 1.82) is 0 Å². The fourth-order valence-corrected chi connectivity index (χ4v) is 3.46. The van der Waals surface area contributed by atoms with Crippen LogP contribution in [0, 0.1) is 0 Å². The molecule has 0 bridgehead atoms. The van der Waals surface area contributed by atoms with E-state index >= 15 is 0 Å². The molecule has 1 aromatic heterocycles. The molecule has 1 saturated heterocycles. The predicted octanol–water partition coefficient (Wildman–Crippen LogP) is 3.64. The van der Waals surface area contributed by atoms with Crippen molar-refractivity contribution in [2.45, 2.75) is 57.6 Å². The van der Waals surface area contributed by atoms with Gasteiger partial charge in [-0.3, -0.25) is 4.90 Å². The quantitative estimate of drug-likeness (QED) is 0.770. The van der Waals surface area contributed by atoms with E-state index in [2.05, 4.69) is 29.1 Å². The Balaban J connectivity index is 2.01. The van der Waals surface area contributed by atoms with E-state index in [-0.39, 0.29) is 0 Å². The van der Waals surface area contributed by atoms with Gasteiger partial charge in [0, 0.05) is 17.5 Å². The molecule has 0 unspecified atom stereocenters. The maximum Gasteiger partial charge on any atom is 0.107 e. The topological polar surface area (TPSA) is 16.1 Å². The summed E-state index contributed by atoms with van der Waals surface area (Å²) in [5.41, 5.74) is 1.01. The summed E-state index contributed by atoms with van der Waals surface area (Å²) in [6.07, 6.45) is 4.00. The van der Waals surface area contributed by atoms with Crippen LogP contribution in [0.1, 0.15) is 43.8 Å². The maximum absolute atomic E-state index is 5.77. The van der Waals surface area contributed by atoms with Crippen LogP contribution < -0.4 is 0 Å². The highest BCUT2D eigenvalue weighted by molar-refractivity contribution is 7.09. The Hall–Kier alpha value is -0.120. The van der Waals surface area contributed by atoms with Crippen LogP contribution in [0.25, 0.3) is 0 Å². The second kappa shape index (κ2) is 5.48. The lowest BCUT2D eigenvalue weighted by Crippen LogP contribution is -2.42. The molecule has 0 aliphatic carbocycles. The van der Waals surface area contributed by atoms with Gasteiger partial charge in [-0.25, -0.2) is 4.98 Å². The summed E-state index contributed by atoms with van der Waals surface area (Å²) in [4.78, 5) is 7.11. The molecule has 2 heterocycles. The fourth-order valence-electron chi connectivity index (χ4n) is 2.43. The third-order valence-corrected chi connectivity index (χ3v) is 4.59. The zero-order chi connectivity index (χ0) is 11.5. The largest absolute Gasteiger partial charge is 0.291 e. The van der Waals surface area contributed by atoms with Gasteiger partial charge in [0.1, 0.15) is 5.01 Å². The van der Waals surface area contributed by atoms with E-state index < -0.39 is 0 Å². The average molecular weight is 259 g/mol. The first kappa shape index (κ1) is 12.3. The molecule has 1 aliphatic heterocycles. The van der Waals surface area contributed by atoms with E-state index in [1.807, 2.05) is 0 Å². The van der Waals surface area contributed by atoms with E-state index in [0.29, 0.717) is 18.0 Å². The first-order chi connectivity index (χ1) is 7.70. The Kier molecular flexibility index (Phi) is 4.22. The van der Waals surface area contributed by atoms with Gasteiger partial charge in [-0.1, -0.05) is 6.42 Å². The number of nitrogens with zero attached hydrogens (tertiary/aromatic N) is 2. The normalized spacial score (nSPS) is 27.2. The zero-order valence-corrected chi connectivity index (χ0v) is 11.5. The number of hydrogen-bond donors (Lipinski definition) is 0. The summed E-state index contributed by atoms with van der Waals surface area (Å²) < 4.78 is 0. The number of alkyl halides is 1. The minimum Gasteiger partial charge on any atom is -0.291 e. The van der Waals surface area contributed by atoms with Crippen molar-refractivity contribution in [1.82, 2.24) is 9.88 Å². The third kappa shape index (κ3) is 2.76. The third-order valence-electron chi connectivity index (χ3n) is 3.43. The molecule has 4 heteroatoms. The van der Waals surface area contributed by atoms with Crippen molar-refractivity contribution in [3.8, 4) is 0 Å². The summed E-state index contributed by atoms with van der Waals surface area (Å²) >= 11 is 7.51. The predicted molar refractivity (Wildman–Crippen MR) is 70.0 cm³/mol. The van der Waals surface area contributed by atoms with Crippen molar-refractivity contribution in [2.24, 2.45) is 0 Å². The van der Waals surface area contributed by atoms with Crippen molar-refractivity contribution < 1.29 is 0 Å². The van der Waals surface area contributed by atoms with Crippen LogP contribution in [0.4, 0.5) is 0 Å². The second-order valence-corrected chi connectivity index (χ2v) is 5.88. The number of likely N-dealkylation sites (tertiary alicyclic amines) is 1. The Morgan fingerprint density at radius 1 is 1.44 bits per heavy atom. The van der Waals surface area contributed by atoms with Crippen LogP contribution in [0.5, 0.6) is 0 Å². The highest BCUT2D eigenvalue weighted by Crippen LogP contribution is 2.25. The minimum absolute atomic E-state index is 0.529. The van der Waals surface area contributed by atoms with Gasteiger partial charge in [-0.2, -0.15) is 0 Å². The standard InChI is InChI=1S/C12H19ClN2S/c1-9-4-3-5-10(2)15(9)7-12-14-11(6-13)8-16-12/h8-10H,3-7H2,1-2H3/t9-,10+. The molecular formula is C12H19ClN2S. The lowest BCUT2D eigenvalue weighted by atomic mass is 9.98. The summed E-state index contributed by atoms with van der Waals surface area (Å²) in [6, 6.07) is 1.37. The van der Waals surface area contributed by atoms with Gasteiger partial charge in [0.05, 0.1) is 18.1 Å². The Morgan fingerprint density at radius 3 is 2.69 bits per heavy atom. The number of rotatable bonds is 3. The molecule has 1 fully saturated rings. The van der Waals surface area contributed by atoms with E-state index in [1.54, 1.807) is 11.3 Å². The molecule has 1 aromatic rings. The Morgan fingerprint density at radius 2 is 2.12 bits per heavy atom. The molecule has 2 atom stereocenters. The van der Waals surface area contributed by atoms with Gasteiger partial charge in [0.25, 0.3) is 0 Å². The summed E-state index contributed by atoms with van der Waals surface area (Å²) in [5, 5.41) is 3.28. The SMILES string of the molecule is C[C@@H]1CCC[C@H](C)N1Cc1nc(CCl)cs1.